The van der Waals surface area contributed by atoms with E-state index < -0.39 is 0 Å². The molecule has 2 N–H and O–H groups in total. The first kappa shape index (κ1) is 18.6. The average Bonchev–Trinajstić information content (AvgIpc) is 2.62. The van der Waals surface area contributed by atoms with E-state index in [0.29, 0.717) is 12.2 Å². The number of ether oxygens (including phenoxy) is 2. The highest BCUT2D eigenvalue weighted by Crippen LogP contribution is 2.21. The van der Waals surface area contributed by atoms with Crippen molar-refractivity contribution >= 4 is 11.7 Å². The van der Waals surface area contributed by atoms with Gasteiger partial charge < -0.3 is 25.0 Å². The Morgan fingerprint density at radius 3 is 1.96 bits per heavy atom. The fourth-order valence-corrected chi connectivity index (χ4v) is 2.46. The van der Waals surface area contributed by atoms with Gasteiger partial charge in [0.15, 0.2) is 0 Å². The summed E-state index contributed by atoms with van der Waals surface area (Å²) in [5.74, 6) is 1.56. The van der Waals surface area contributed by atoms with Crippen molar-refractivity contribution in [2.75, 3.05) is 40.2 Å². The van der Waals surface area contributed by atoms with Crippen LogP contribution in [-0.4, -0.2) is 45.8 Å². The maximum atomic E-state index is 12.1. The lowest BCUT2D eigenvalue weighted by atomic mass is 10.1. The van der Waals surface area contributed by atoms with Crippen LogP contribution in [0.5, 0.6) is 11.5 Å². The predicted octanol–water partition coefficient (Wildman–Crippen LogP) is 3.13. The molecule has 2 amide bonds. The van der Waals surface area contributed by atoms with Crippen molar-refractivity contribution in [3.05, 3.63) is 54.1 Å². The van der Waals surface area contributed by atoms with Crippen LogP contribution in [0.2, 0.25) is 0 Å². The molecule has 25 heavy (non-hydrogen) atoms. The Bertz CT molecular complexity index is 669. The second-order valence-electron chi connectivity index (χ2n) is 5.82. The molecule has 0 saturated carbocycles. The first-order chi connectivity index (χ1) is 12.0. The van der Waals surface area contributed by atoms with Gasteiger partial charge >= 0.3 is 6.03 Å². The van der Waals surface area contributed by atoms with Crippen LogP contribution in [0.4, 0.5) is 10.5 Å². The zero-order chi connectivity index (χ0) is 18.2. The summed E-state index contributed by atoms with van der Waals surface area (Å²) in [4.78, 5) is 14.2. The molecule has 0 fully saturated rings. The molecule has 0 radical (unpaired) electrons. The number of anilines is 1. The fourth-order valence-electron chi connectivity index (χ4n) is 2.46. The first-order valence-electron chi connectivity index (χ1n) is 8.02. The van der Waals surface area contributed by atoms with Crippen molar-refractivity contribution in [3.63, 3.8) is 0 Å². The van der Waals surface area contributed by atoms with Crippen molar-refractivity contribution in [3.8, 4) is 11.5 Å². The van der Waals surface area contributed by atoms with Crippen LogP contribution in [-0.2, 0) is 0 Å². The van der Waals surface area contributed by atoms with Crippen molar-refractivity contribution in [2.45, 2.75) is 6.04 Å². The summed E-state index contributed by atoms with van der Waals surface area (Å²) >= 11 is 0. The minimum Gasteiger partial charge on any atom is -0.497 e. The lowest BCUT2D eigenvalue weighted by Crippen LogP contribution is -2.36. The van der Waals surface area contributed by atoms with Gasteiger partial charge in [-0.2, -0.15) is 0 Å². The van der Waals surface area contributed by atoms with E-state index in [9.17, 15) is 4.79 Å². The largest absolute Gasteiger partial charge is 0.497 e. The molecule has 2 rings (SSSR count). The number of urea groups is 1. The van der Waals surface area contributed by atoms with Gasteiger partial charge in [0.25, 0.3) is 0 Å². The first-order valence-corrected chi connectivity index (χ1v) is 8.02. The highest BCUT2D eigenvalue weighted by atomic mass is 16.5. The molecular formula is C19H25N3O3. The maximum Gasteiger partial charge on any atom is 0.319 e. The summed E-state index contributed by atoms with van der Waals surface area (Å²) in [5.41, 5.74) is 1.82. The molecule has 6 nitrogen and oxygen atoms in total. The van der Waals surface area contributed by atoms with Crippen LogP contribution < -0.4 is 20.1 Å². The SMILES string of the molecule is COc1ccc(NC(=O)NCC(c2ccc(OC)cc2)N(C)C)cc1. The normalized spacial score (nSPS) is 11.7. The number of carbonyl (C=O) groups is 1. The van der Waals surface area contributed by atoms with E-state index in [1.165, 1.54) is 0 Å². The zero-order valence-electron chi connectivity index (χ0n) is 15.1. The number of hydrogen-bond donors (Lipinski definition) is 2. The number of methoxy groups -OCH3 is 2. The van der Waals surface area contributed by atoms with E-state index in [1.807, 2.05) is 38.4 Å². The summed E-state index contributed by atoms with van der Waals surface area (Å²) in [6.07, 6.45) is 0. The third-order valence-electron chi connectivity index (χ3n) is 3.93. The Kier molecular flexibility index (Phi) is 6.65. The van der Waals surface area contributed by atoms with Crippen LogP contribution in [0.3, 0.4) is 0 Å². The van der Waals surface area contributed by atoms with Gasteiger partial charge in [-0.25, -0.2) is 4.79 Å². The molecule has 0 bridgehead atoms. The zero-order valence-corrected chi connectivity index (χ0v) is 15.1. The highest BCUT2D eigenvalue weighted by molar-refractivity contribution is 5.89. The molecule has 134 valence electrons. The maximum absolute atomic E-state index is 12.1. The minimum atomic E-state index is -0.245. The summed E-state index contributed by atoms with van der Waals surface area (Å²) in [7, 11) is 7.22. The Morgan fingerprint density at radius 1 is 0.960 bits per heavy atom. The number of benzene rings is 2. The number of carbonyl (C=O) groups excluding carboxylic acids is 1. The van der Waals surface area contributed by atoms with Gasteiger partial charge in [0, 0.05) is 12.2 Å². The van der Waals surface area contributed by atoms with Gasteiger partial charge in [0.1, 0.15) is 11.5 Å². The number of rotatable bonds is 7. The van der Waals surface area contributed by atoms with Gasteiger partial charge in [-0.15, -0.1) is 0 Å². The molecule has 6 heteroatoms. The molecule has 0 aromatic heterocycles. The Hall–Kier alpha value is -2.73. The topological polar surface area (TPSA) is 62.8 Å². The van der Waals surface area contributed by atoms with E-state index in [1.54, 1.807) is 38.5 Å². The van der Waals surface area contributed by atoms with Gasteiger partial charge in [-0.1, -0.05) is 12.1 Å². The van der Waals surface area contributed by atoms with Crippen LogP contribution in [0.25, 0.3) is 0 Å². The third-order valence-corrected chi connectivity index (χ3v) is 3.93. The quantitative estimate of drug-likeness (QED) is 0.811. The van der Waals surface area contributed by atoms with Gasteiger partial charge in [-0.05, 0) is 56.1 Å². The van der Waals surface area contributed by atoms with Crippen molar-refractivity contribution in [1.29, 1.82) is 0 Å². The molecule has 2 aromatic rings. The summed E-state index contributed by atoms with van der Waals surface area (Å²) in [5, 5.41) is 5.73. The molecule has 0 aliphatic rings. The number of amides is 2. The number of likely N-dealkylation sites (N-methyl/N-ethyl adjacent to an activating group) is 1. The molecule has 2 aromatic carbocycles. The Balaban J connectivity index is 1.93. The van der Waals surface area contributed by atoms with Crippen molar-refractivity contribution < 1.29 is 14.3 Å². The standard InChI is InChI=1S/C19H25N3O3/c1-22(2)18(14-5-9-16(24-3)10-6-14)13-20-19(23)21-15-7-11-17(25-4)12-8-15/h5-12,18H,13H2,1-4H3,(H2,20,21,23). The minimum absolute atomic E-state index is 0.0625. The second-order valence-corrected chi connectivity index (χ2v) is 5.82. The summed E-state index contributed by atoms with van der Waals surface area (Å²) in [6, 6.07) is 14.9. The van der Waals surface area contributed by atoms with Crippen LogP contribution in [0.1, 0.15) is 11.6 Å². The lowest BCUT2D eigenvalue weighted by molar-refractivity contribution is 0.243. The van der Waals surface area contributed by atoms with Gasteiger partial charge in [0.05, 0.1) is 20.3 Å². The van der Waals surface area contributed by atoms with E-state index in [-0.39, 0.29) is 12.1 Å². The summed E-state index contributed by atoms with van der Waals surface area (Å²) < 4.78 is 10.3. The molecule has 0 heterocycles. The lowest BCUT2D eigenvalue weighted by Gasteiger charge is -2.25. The monoisotopic (exact) mass is 343 g/mol. The van der Waals surface area contributed by atoms with E-state index in [2.05, 4.69) is 15.5 Å². The highest BCUT2D eigenvalue weighted by Gasteiger charge is 2.15. The molecule has 0 spiro atoms. The van der Waals surface area contributed by atoms with Crippen molar-refractivity contribution in [1.82, 2.24) is 10.2 Å². The van der Waals surface area contributed by atoms with Crippen molar-refractivity contribution in [2.24, 2.45) is 0 Å². The van der Waals surface area contributed by atoms with E-state index in [0.717, 1.165) is 17.1 Å². The molecule has 0 aliphatic carbocycles. The second kappa shape index (κ2) is 8.94. The average molecular weight is 343 g/mol. The molecule has 0 saturated heterocycles. The Labute approximate surface area is 148 Å². The van der Waals surface area contributed by atoms with Crippen LogP contribution in [0, 0.1) is 0 Å². The van der Waals surface area contributed by atoms with Crippen LogP contribution >= 0.6 is 0 Å². The third kappa shape index (κ3) is 5.39. The molecule has 1 unspecified atom stereocenters. The van der Waals surface area contributed by atoms with E-state index >= 15 is 0 Å². The van der Waals surface area contributed by atoms with E-state index in [4.69, 9.17) is 9.47 Å². The van der Waals surface area contributed by atoms with Gasteiger partial charge in [0.2, 0.25) is 0 Å². The number of hydrogen-bond acceptors (Lipinski definition) is 4. The summed E-state index contributed by atoms with van der Waals surface area (Å²) in [6.45, 7) is 0.487. The predicted molar refractivity (Wildman–Crippen MR) is 99.4 cm³/mol. The smallest absolute Gasteiger partial charge is 0.319 e. The fraction of sp³-hybridized carbons (Fsp3) is 0.316. The molecule has 1 atom stereocenters. The van der Waals surface area contributed by atoms with Crippen LogP contribution in [0.15, 0.2) is 48.5 Å². The number of nitrogens with zero attached hydrogens (tertiary/aromatic N) is 1. The number of nitrogens with one attached hydrogen (secondary N) is 2. The van der Waals surface area contributed by atoms with Gasteiger partial charge in [-0.3, -0.25) is 0 Å². The molecule has 0 aliphatic heterocycles. The molecular weight excluding hydrogens is 318 g/mol. The Morgan fingerprint density at radius 2 is 1.48 bits per heavy atom.